The first kappa shape index (κ1) is 30.5. The minimum absolute atomic E-state index is 0.0686. The quantitative estimate of drug-likeness (QED) is 0.184. The molecule has 0 atom stereocenters. The lowest BCUT2D eigenvalue weighted by atomic mass is 10.0. The second-order valence-electron chi connectivity index (χ2n) is 10.6. The average molecular weight is 622 g/mol. The van der Waals surface area contributed by atoms with Crippen molar-refractivity contribution < 1.29 is 14.3 Å². The molecule has 0 radical (unpaired) electrons. The van der Waals surface area contributed by atoms with Crippen molar-refractivity contribution in [3.63, 3.8) is 0 Å². The first-order valence-corrected chi connectivity index (χ1v) is 14.7. The van der Waals surface area contributed by atoms with Crippen LogP contribution in [0, 0.1) is 6.92 Å². The van der Waals surface area contributed by atoms with Crippen LogP contribution in [0.1, 0.15) is 24.0 Å². The van der Waals surface area contributed by atoms with E-state index in [1.165, 1.54) is 20.3 Å². The molecule has 5 rings (SSSR count). The van der Waals surface area contributed by atoms with Crippen LogP contribution in [0.15, 0.2) is 49.2 Å². The monoisotopic (exact) mass is 620 g/mol. The van der Waals surface area contributed by atoms with Crippen molar-refractivity contribution in [2.45, 2.75) is 32.2 Å². The van der Waals surface area contributed by atoms with Crippen molar-refractivity contribution in [2.24, 2.45) is 0 Å². The Hall–Kier alpha value is -3.92. The summed E-state index contributed by atoms with van der Waals surface area (Å²) in [6.07, 6.45) is 5.21. The summed E-state index contributed by atoms with van der Waals surface area (Å²) < 4.78 is 11.0. The van der Waals surface area contributed by atoms with E-state index in [0.717, 1.165) is 48.1 Å². The van der Waals surface area contributed by atoms with Crippen LogP contribution in [0.2, 0.25) is 10.0 Å². The van der Waals surface area contributed by atoms with Gasteiger partial charge in [0.05, 0.1) is 30.0 Å². The van der Waals surface area contributed by atoms with Crippen LogP contribution < -0.4 is 20.1 Å². The number of nitrogens with zero attached hydrogens (tertiary/aromatic N) is 4. The van der Waals surface area contributed by atoms with Gasteiger partial charge in [0.2, 0.25) is 5.95 Å². The highest BCUT2D eigenvalue weighted by molar-refractivity contribution is 6.41. The predicted octanol–water partition coefficient (Wildman–Crippen LogP) is 6.87. The molecule has 2 aromatic heterocycles. The Labute approximate surface area is 261 Å². The third kappa shape index (κ3) is 6.54. The zero-order chi connectivity index (χ0) is 30.7. The Morgan fingerprint density at radius 3 is 2.47 bits per heavy atom. The molecule has 4 aromatic rings. The number of rotatable bonds is 10. The number of anilines is 3. The highest BCUT2D eigenvalue weighted by Gasteiger charge is 2.24. The number of aryl methyl sites for hydroxylation is 1. The number of nitrogens with one attached hydrogen (secondary N) is 2. The van der Waals surface area contributed by atoms with Crippen LogP contribution in [0.5, 0.6) is 11.5 Å². The normalized spacial score (nSPS) is 14.0. The molecule has 1 fully saturated rings. The Bertz CT molecular complexity index is 1660. The maximum absolute atomic E-state index is 12.2. The number of fused-ring (bicyclic) bond motifs is 1. The van der Waals surface area contributed by atoms with Crippen LogP contribution in [-0.2, 0) is 11.2 Å². The third-order valence-electron chi connectivity index (χ3n) is 7.64. The standard InChI is InChI=1S/C32H34Cl2N6O3/c1-6-22(41)14-19-9-7-8-18(2)29(19)38-32-35-17-20-15-23(26-27(33)24(42-4)16-25(43-5)28(26)34)37-31(30(20)39-32)36-21-10-12-40(3)13-11-21/h6-9,15-17,21H,1,10-14H2,2-5H3,(H,36,37)(H,35,38,39). The molecule has 1 aliphatic heterocycles. The summed E-state index contributed by atoms with van der Waals surface area (Å²) in [5, 5.41) is 8.38. The molecule has 1 aliphatic rings. The van der Waals surface area contributed by atoms with Gasteiger partial charge in [0, 0.05) is 41.4 Å². The van der Waals surface area contributed by atoms with Crippen LogP contribution in [-0.4, -0.2) is 66.0 Å². The Morgan fingerprint density at radius 1 is 1.12 bits per heavy atom. The Morgan fingerprint density at radius 2 is 1.81 bits per heavy atom. The molecular weight excluding hydrogens is 587 g/mol. The van der Waals surface area contributed by atoms with Crippen LogP contribution in [0.3, 0.4) is 0 Å². The topological polar surface area (TPSA) is 102 Å². The molecular formula is C32H34Cl2N6O3. The number of pyridine rings is 1. The molecule has 2 N–H and O–H groups in total. The number of methoxy groups -OCH3 is 2. The van der Waals surface area contributed by atoms with Crippen LogP contribution in [0.4, 0.5) is 17.5 Å². The number of piperidine rings is 1. The smallest absolute Gasteiger partial charge is 0.227 e. The number of para-hydroxylation sites is 1. The van der Waals surface area contributed by atoms with Crippen LogP contribution >= 0.6 is 23.2 Å². The average Bonchev–Trinajstić information content (AvgIpc) is 3.00. The van der Waals surface area contributed by atoms with E-state index in [9.17, 15) is 4.79 Å². The van der Waals surface area contributed by atoms with Gasteiger partial charge in [-0.2, -0.15) is 0 Å². The summed E-state index contributed by atoms with van der Waals surface area (Å²) in [7, 11) is 5.20. The second-order valence-corrected chi connectivity index (χ2v) is 11.3. The van der Waals surface area contributed by atoms with Gasteiger partial charge < -0.3 is 25.0 Å². The predicted molar refractivity (Wildman–Crippen MR) is 173 cm³/mol. The molecule has 224 valence electrons. The van der Waals surface area contributed by atoms with Gasteiger partial charge in [0.15, 0.2) is 11.6 Å². The number of hydrogen-bond acceptors (Lipinski definition) is 9. The number of benzene rings is 2. The molecule has 11 heteroatoms. The van der Waals surface area contributed by atoms with Crippen molar-refractivity contribution in [3.05, 3.63) is 70.4 Å². The minimum Gasteiger partial charge on any atom is -0.495 e. The van der Waals surface area contributed by atoms with E-state index in [2.05, 4.69) is 34.1 Å². The van der Waals surface area contributed by atoms with E-state index in [1.54, 1.807) is 12.3 Å². The Kier molecular flexibility index (Phi) is 9.34. The number of allylic oxidation sites excluding steroid dienone is 1. The number of carbonyl (C=O) groups excluding carboxylic acids is 1. The van der Waals surface area contributed by atoms with Crippen molar-refractivity contribution in [1.82, 2.24) is 19.9 Å². The van der Waals surface area contributed by atoms with Crippen molar-refractivity contribution in [3.8, 4) is 22.8 Å². The molecule has 0 unspecified atom stereocenters. The van der Waals surface area contributed by atoms with Crippen molar-refractivity contribution in [2.75, 3.05) is 45.0 Å². The van der Waals surface area contributed by atoms with Crippen molar-refractivity contribution >= 4 is 57.3 Å². The summed E-state index contributed by atoms with van der Waals surface area (Å²) >= 11 is 13.6. The van der Waals surface area contributed by atoms with Gasteiger partial charge in [-0.05, 0) is 63.2 Å². The lowest BCUT2D eigenvalue weighted by molar-refractivity contribution is -0.114. The number of likely N-dealkylation sites (tertiary alicyclic amines) is 1. The molecule has 0 spiro atoms. The van der Waals surface area contributed by atoms with Crippen molar-refractivity contribution in [1.29, 1.82) is 0 Å². The maximum atomic E-state index is 12.2. The van der Waals surface area contributed by atoms with E-state index in [1.807, 2.05) is 31.2 Å². The minimum atomic E-state index is -0.0686. The summed E-state index contributed by atoms with van der Waals surface area (Å²) in [5.41, 5.74) is 4.25. The zero-order valence-corrected chi connectivity index (χ0v) is 26.1. The molecule has 0 bridgehead atoms. The highest BCUT2D eigenvalue weighted by Crippen LogP contribution is 2.46. The summed E-state index contributed by atoms with van der Waals surface area (Å²) in [6.45, 7) is 7.53. The number of halogens is 2. The maximum Gasteiger partial charge on any atom is 0.227 e. The molecule has 43 heavy (non-hydrogen) atoms. The highest BCUT2D eigenvalue weighted by atomic mass is 35.5. The number of ketones is 1. The van der Waals surface area contributed by atoms with E-state index in [0.29, 0.717) is 50.1 Å². The molecule has 2 aromatic carbocycles. The van der Waals surface area contributed by atoms with Gasteiger partial charge in [-0.3, -0.25) is 4.79 Å². The van der Waals surface area contributed by atoms with Gasteiger partial charge in [0.1, 0.15) is 17.0 Å². The number of ether oxygens (including phenoxy) is 2. The lowest BCUT2D eigenvalue weighted by Gasteiger charge is -2.30. The summed E-state index contributed by atoms with van der Waals surface area (Å²) in [4.78, 5) is 29.0. The lowest BCUT2D eigenvalue weighted by Crippen LogP contribution is -2.37. The number of aromatic nitrogens is 3. The number of hydrogen-bond donors (Lipinski definition) is 2. The molecule has 3 heterocycles. The largest absolute Gasteiger partial charge is 0.495 e. The molecule has 0 aliphatic carbocycles. The molecule has 9 nitrogen and oxygen atoms in total. The van der Waals surface area contributed by atoms with Crippen LogP contribution in [0.25, 0.3) is 22.2 Å². The van der Waals surface area contributed by atoms with Gasteiger partial charge >= 0.3 is 0 Å². The summed E-state index contributed by atoms with van der Waals surface area (Å²) in [5.74, 6) is 1.75. The third-order valence-corrected chi connectivity index (χ3v) is 8.39. The number of carbonyl (C=O) groups is 1. The second kappa shape index (κ2) is 13.2. The zero-order valence-electron chi connectivity index (χ0n) is 24.6. The van der Waals surface area contributed by atoms with E-state index < -0.39 is 0 Å². The van der Waals surface area contributed by atoms with Gasteiger partial charge in [0.25, 0.3) is 0 Å². The summed E-state index contributed by atoms with van der Waals surface area (Å²) in [6, 6.07) is 9.51. The molecule has 0 amide bonds. The molecule has 1 saturated heterocycles. The van der Waals surface area contributed by atoms with E-state index >= 15 is 0 Å². The first-order valence-electron chi connectivity index (χ1n) is 14.0. The molecule has 0 saturated carbocycles. The fourth-order valence-electron chi connectivity index (χ4n) is 5.21. The van der Waals surface area contributed by atoms with Gasteiger partial charge in [-0.15, -0.1) is 0 Å². The fraction of sp³-hybridized carbons (Fsp3) is 0.312. The SMILES string of the molecule is C=CC(=O)Cc1cccc(C)c1Nc1ncc2cc(-c3c(Cl)c(OC)cc(OC)c3Cl)nc(NC3CCN(C)CC3)c2n1. The fourth-order valence-corrected chi connectivity index (χ4v) is 5.91. The van der Waals surface area contributed by atoms with E-state index in [4.69, 9.17) is 42.6 Å². The van der Waals surface area contributed by atoms with Gasteiger partial charge in [-0.1, -0.05) is 48.0 Å². The van der Waals surface area contributed by atoms with E-state index in [-0.39, 0.29) is 18.2 Å². The Balaban J connectivity index is 1.63. The first-order chi connectivity index (χ1) is 20.7. The van der Waals surface area contributed by atoms with Gasteiger partial charge in [-0.25, -0.2) is 15.0 Å².